The summed E-state index contributed by atoms with van der Waals surface area (Å²) >= 11 is 3.27. The van der Waals surface area contributed by atoms with Gasteiger partial charge in [0.15, 0.2) is 4.34 Å². The number of rotatable bonds is 7. The number of hydrogen-bond acceptors (Lipinski definition) is 6. The summed E-state index contributed by atoms with van der Waals surface area (Å²) < 4.78 is 0.985. The van der Waals surface area contributed by atoms with Crippen molar-refractivity contribution in [3.63, 3.8) is 0 Å². The number of hydrogen-bond donors (Lipinski definition) is 1. The lowest BCUT2D eigenvalue weighted by Crippen LogP contribution is -2.41. The van der Waals surface area contributed by atoms with Crippen LogP contribution in [0.3, 0.4) is 0 Å². The summed E-state index contributed by atoms with van der Waals surface area (Å²) in [5.41, 5.74) is -0.428. The molecule has 94 valence electrons. The highest BCUT2D eigenvalue weighted by Crippen LogP contribution is 2.24. The fourth-order valence-electron chi connectivity index (χ4n) is 1.26. The highest BCUT2D eigenvalue weighted by Gasteiger charge is 2.22. The van der Waals surface area contributed by atoms with Gasteiger partial charge in [0.2, 0.25) is 0 Å². The Morgan fingerprint density at radius 1 is 1.53 bits per heavy atom. The molecule has 0 fully saturated rings. The average molecular weight is 270 g/mol. The van der Waals surface area contributed by atoms with Crippen molar-refractivity contribution in [1.29, 1.82) is 5.26 Å². The number of aromatic nitrogens is 2. The van der Waals surface area contributed by atoms with Crippen LogP contribution in [0.2, 0.25) is 0 Å². The van der Waals surface area contributed by atoms with Crippen molar-refractivity contribution in [2.45, 2.75) is 43.5 Å². The highest BCUT2D eigenvalue weighted by molar-refractivity contribution is 8.01. The van der Waals surface area contributed by atoms with Gasteiger partial charge in [0.05, 0.1) is 6.07 Å². The summed E-state index contributed by atoms with van der Waals surface area (Å²) in [4.78, 5) is 0. The molecule has 0 spiro atoms. The van der Waals surface area contributed by atoms with Gasteiger partial charge in [-0.15, -0.1) is 10.2 Å². The molecular weight excluding hydrogens is 252 g/mol. The molecule has 1 aromatic heterocycles. The summed E-state index contributed by atoms with van der Waals surface area (Å²) in [5.74, 6) is 0.884. The van der Waals surface area contributed by atoms with Gasteiger partial charge < -0.3 is 0 Å². The predicted octanol–water partition coefficient (Wildman–Crippen LogP) is 2.61. The third kappa shape index (κ3) is 5.02. The minimum absolute atomic E-state index is 0.428. The summed E-state index contributed by atoms with van der Waals surface area (Å²) in [6.07, 6.45) is 1.85. The van der Waals surface area contributed by atoms with Crippen LogP contribution in [0.4, 0.5) is 0 Å². The summed E-state index contributed by atoms with van der Waals surface area (Å²) in [5, 5.41) is 21.5. The zero-order valence-corrected chi connectivity index (χ0v) is 12.1. The van der Waals surface area contributed by atoms with Gasteiger partial charge in [-0.3, -0.25) is 5.32 Å². The van der Waals surface area contributed by atoms with E-state index < -0.39 is 5.54 Å². The Morgan fingerprint density at radius 3 is 2.82 bits per heavy atom. The Balaban J connectivity index is 2.35. The molecule has 4 nitrogen and oxygen atoms in total. The molecule has 0 radical (unpaired) electrons. The first kappa shape index (κ1) is 14.4. The van der Waals surface area contributed by atoms with E-state index in [1.807, 2.05) is 13.8 Å². The molecule has 0 amide bonds. The molecule has 6 heteroatoms. The second kappa shape index (κ2) is 6.94. The molecule has 0 aromatic carbocycles. The highest BCUT2D eigenvalue weighted by atomic mass is 32.2. The van der Waals surface area contributed by atoms with Crippen LogP contribution >= 0.6 is 23.1 Å². The molecule has 17 heavy (non-hydrogen) atoms. The van der Waals surface area contributed by atoms with Crippen LogP contribution in [0.15, 0.2) is 4.34 Å². The van der Waals surface area contributed by atoms with Crippen LogP contribution in [0.1, 0.15) is 31.7 Å². The van der Waals surface area contributed by atoms with Crippen molar-refractivity contribution < 1.29 is 0 Å². The van der Waals surface area contributed by atoms with Crippen molar-refractivity contribution in [2.75, 3.05) is 12.3 Å². The Labute approximate surface area is 111 Å². The molecule has 0 saturated carbocycles. The topological polar surface area (TPSA) is 61.6 Å². The van der Waals surface area contributed by atoms with Crippen molar-refractivity contribution in [3.05, 3.63) is 5.01 Å². The number of nitrogens with zero attached hydrogens (tertiary/aromatic N) is 3. The molecule has 0 aliphatic rings. The maximum atomic E-state index is 9.17. The van der Waals surface area contributed by atoms with E-state index in [1.54, 1.807) is 23.1 Å². The maximum Gasteiger partial charge on any atom is 0.174 e. The van der Waals surface area contributed by atoms with Gasteiger partial charge in [0.25, 0.3) is 0 Å². The smallest absolute Gasteiger partial charge is 0.174 e. The molecule has 0 saturated heterocycles. The SMILES string of the molecule is CCCNC(C)(C#N)CCSc1nnc(C)s1. The van der Waals surface area contributed by atoms with Crippen molar-refractivity contribution >= 4 is 23.1 Å². The average Bonchev–Trinajstić information content (AvgIpc) is 2.72. The van der Waals surface area contributed by atoms with Crippen LogP contribution < -0.4 is 5.32 Å². The zero-order chi connectivity index (χ0) is 12.7. The van der Waals surface area contributed by atoms with Gasteiger partial charge in [-0.05, 0) is 33.2 Å². The fourth-order valence-corrected chi connectivity index (χ4v) is 3.31. The summed E-state index contributed by atoms with van der Waals surface area (Å²) in [7, 11) is 0. The maximum absolute atomic E-state index is 9.17. The van der Waals surface area contributed by atoms with Crippen LogP contribution in [0, 0.1) is 18.3 Å². The standard InChI is InChI=1S/C11H18N4S2/c1-4-6-13-11(3,8-12)5-7-16-10-15-14-9(2)17-10/h13H,4-7H2,1-3H3. The van der Waals surface area contributed by atoms with Crippen molar-refractivity contribution in [3.8, 4) is 6.07 Å². The van der Waals surface area contributed by atoms with Crippen LogP contribution in [-0.2, 0) is 0 Å². The molecule has 1 heterocycles. The van der Waals surface area contributed by atoms with Crippen LogP contribution in [0.5, 0.6) is 0 Å². The number of nitriles is 1. The normalized spacial score (nSPS) is 14.2. The number of nitrogens with one attached hydrogen (secondary N) is 1. The monoisotopic (exact) mass is 270 g/mol. The predicted molar refractivity (Wildman–Crippen MR) is 72.3 cm³/mol. The third-order valence-corrected chi connectivity index (χ3v) is 4.32. The van der Waals surface area contributed by atoms with E-state index in [2.05, 4.69) is 28.5 Å². The Kier molecular flexibility index (Phi) is 5.89. The molecule has 1 atom stereocenters. The lowest BCUT2D eigenvalue weighted by atomic mass is 10.0. The molecule has 1 N–H and O–H groups in total. The van der Waals surface area contributed by atoms with E-state index in [0.717, 1.165) is 34.5 Å². The van der Waals surface area contributed by atoms with E-state index >= 15 is 0 Å². The van der Waals surface area contributed by atoms with E-state index in [1.165, 1.54) is 0 Å². The molecule has 0 bridgehead atoms. The molecule has 1 unspecified atom stereocenters. The van der Waals surface area contributed by atoms with E-state index in [9.17, 15) is 0 Å². The molecule has 0 aliphatic carbocycles. The minimum atomic E-state index is -0.428. The van der Waals surface area contributed by atoms with Gasteiger partial charge in [0.1, 0.15) is 10.5 Å². The second-order valence-corrected chi connectivity index (χ2v) is 6.58. The van der Waals surface area contributed by atoms with Gasteiger partial charge in [-0.25, -0.2) is 0 Å². The quantitative estimate of drug-likeness (QED) is 0.772. The molecule has 1 aromatic rings. The molecule has 0 aliphatic heterocycles. The number of aryl methyl sites for hydroxylation is 1. The molecular formula is C11H18N4S2. The largest absolute Gasteiger partial charge is 0.300 e. The second-order valence-electron chi connectivity index (χ2n) is 4.06. The first-order chi connectivity index (χ1) is 8.09. The summed E-state index contributed by atoms with van der Waals surface area (Å²) in [6, 6.07) is 2.35. The third-order valence-electron chi connectivity index (χ3n) is 2.35. The van der Waals surface area contributed by atoms with Gasteiger partial charge in [-0.2, -0.15) is 5.26 Å². The fraction of sp³-hybridized carbons (Fsp3) is 0.727. The van der Waals surface area contributed by atoms with Crippen molar-refractivity contribution in [2.24, 2.45) is 0 Å². The first-order valence-corrected chi connectivity index (χ1v) is 7.49. The Morgan fingerprint density at radius 2 is 2.29 bits per heavy atom. The lowest BCUT2D eigenvalue weighted by Gasteiger charge is -2.22. The van der Waals surface area contributed by atoms with Gasteiger partial charge in [-0.1, -0.05) is 30.0 Å². The van der Waals surface area contributed by atoms with Crippen LogP contribution in [-0.4, -0.2) is 28.0 Å². The summed E-state index contributed by atoms with van der Waals surface area (Å²) in [6.45, 7) is 6.88. The Hall–Kier alpha value is -0.640. The van der Waals surface area contributed by atoms with Gasteiger partial charge >= 0.3 is 0 Å². The van der Waals surface area contributed by atoms with E-state index in [0.29, 0.717) is 0 Å². The minimum Gasteiger partial charge on any atom is -0.300 e. The van der Waals surface area contributed by atoms with Crippen molar-refractivity contribution in [1.82, 2.24) is 15.5 Å². The zero-order valence-electron chi connectivity index (χ0n) is 10.5. The van der Waals surface area contributed by atoms with E-state index in [4.69, 9.17) is 5.26 Å². The lowest BCUT2D eigenvalue weighted by molar-refractivity contribution is 0.437. The Bertz CT molecular complexity index is 385. The van der Waals surface area contributed by atoms with E-state index in [-0.39, 0.29) is 0 Å². The first-order valence-electron chi connectivity index (χ1n) is 5.69. The number of thioether (sulfide) groups is 1. The van der Waals surface area contributed by atoms with Gasteiger partial charge in [0, 0.05) is 5.75 Å². The van der Waals surface area contributed by atoms with Crippen LogP contribution in [0.25, 0.3) is 0 Å². The molecule has 1 rings (SSSR count).